The SMILES string of the molecule is Cc1ccc(-n2c3ccccc3c3cc(-c4ccc(/C=C/c5ccc(-c6cccc(-n7c8ccccc8c8ccccc87)c6)cc5)cc4)ccc32)cc1. The molecular weight excluding hydrogens is 641 g/mol. The van der Waals surface area contributed by atoms with Crippen LogP contribution in [-0.4, -0.2) is 9.13 Å². The highest BCUT2D eigenvalue weighted by atomic mass is 15.0. The summed E-state index contributed by atoms with van der Waals surface area (Å²) in [5, 5.41) is 5.09. The monoisotopic (exact) mass is 676 g/mol. The number of fused-ring (bicyclic) bond motifs is 6. The normalized spacial score (nSPS) is 11.8. The highest BCUT2D eigenvalue weighted by molar-refractivity contribution is 6.11. The summed E-state index contributed by atoms with van der Waals surface area (Å²) >= 11 is 0. The number of hydrogen-bond donors (Lipinski definition) is 0. The molecule has 8 aromatic carbocycles. The second kappa shape index (κ2) is 12.7. The number of nitrogens with zero attached hydrogens (tertiary/aromatic N) is 2. The lowest BCUT2D eigenvalue weighted by atomic mass is 10.0. The third kappa shape index (κ3) is 5.44. The van der Waals surface area contributed by atoms with E-state index in [1.54, 1.807) is 0 Å². The van der Waals surface area contributed by atoms with Crippen LogP contribution in [0.15, 0.2) is 188 Å². The zero-order valence-corrected chi connectivity index (χ0v) is 29.4. The minimum absolute atomic E-state index is 1.17. The fourth-order valence-corrected chi connectivity index (χ4v) is 7.92. The Morgan fingerprint density at radius 2 is 0.774 bits per heavy atom. The number of para-hydroxylation sites is 3. The Balaban J connectivity index is 0.897. The second-order valence-electron chi connectivity index (χ2n) is 13.9. The number of rotatable bonds is 6. The van der Waals surface area contributed by atoms with Gasteiger partial charge in [0, 0.05) is 32.9 Å². The molecule has 0 saturated heterocycles. The lowest BCUT2D eigenvalue weighted by Crippen LogP contribution is -1.94. The molecule has 10 aromatic rings. The highest BCUT2D eigenvalue weighted by Crippen LogP contribution is 2.36. The molecule has 0 aliphatic heterocycles. The number of aryl methyl sites for hydroxylation is 1. The summed E-state index contributed by atoms with van der Waals surface area (Å²) < 4.78 is 4.75. The molecule has 0 amide bonds. The Labute approximate surface area is 309 Å². The standard InChI is InChI=1S/C51H36N2/c1-35-17-30-42(31-18-35)52-50-16-7-4-13-46(50)47-34-41(29-32-51(47)52)39-27-23-37(24-28-39)20-19-36-21-25-38(26-22-36)40-9-8-10-43(33-40)53-48-14-5-2-11-44(48)45-12-3-6-15-49(45)53/h2-34H,1H3/b20-19+. The van der Waals surface area contributed by atoms with Crippen molar-refractivity contribution < 1.29 is 0 Å². The first kappa shape index (κ1) is 30.9. The Hall–Kier alpha value is -6.90. The maximum atomic E-state index is 2.37. The van der Waals surface area contributed by atoms with E-state index in [9.17, 15) is 0 Å². The molecular formula is C51H36N2. The highest BCUT2D eigenvalue weighted by Gasteiger charge is 2.14. The molecule has 0 unspecified atom stereocenters. The van der Waals surface area contributed by atoms with E-state index in [1.807, 2.05) is 0 Å². The van der Waals surface area contributed by atoms with Crippen molar-refractivity contribution in [3.63, 3.8) is 0 Å². The predicted octanol–water partition coefficient (Wildman–Crippen LogP) is 13.7. The van der Waals surface area contributed by atoms with Gasteiger partial charge in [-0.1, -0.05) is 151 Å². The Bertz CT molecular complexity index is 2920. The first-order valence-electron chi connectivity index (χ1n) is 18.3. The number of benzene rings is 8. The van der Waals surface area contributed by atoms with Crippen molar-refractivity contribution in [1.82, 2.24) is 9.13 Å². The summed E-state index contributed by atoms with van der Waals surface area (Å²) in [6.07, 6.45) is 4.39. The van der Waals surface area contributed by atoms with Gasteiger partial charge < -0.3 is 9.13 Å². The van der Waals surface area contributed by atoms with Crippen LogP contribution in [-0.2, 0) is 0 Å². The van der Waals surface area contributed by atoms with E-state index in [2.05, 4.69) is 216 Å². The van der Waals surface area contributed by atoms with E-state index < -0.39 is 0 Å². The maximum absolute atomic E-state index is 2.37. The Morgan fingerprint density at radius 1 is 0.321 bits per heavy atom. The van der Waals surface area contributed by atoms with Crippen molar-refractivity contribution >= 4 is 55.8 Å². The molecule has 2 heteroatoms. The first-order valence-corrected chi connectivity index (χ1v) is 18.3. The molecule has 0 fully saturated rings. The van der Waals surface area contributed by atoms with Crippen molar-refractivity contribution in [2.75, 3.05) is 0 Å². The van der Waals surface area contributed by atoms with E-state index in [1.165, 1.54) is 93.9 Å². The molecule has 2 aromatic heterocycles. The van der Waals surface area contributed by atoms with E-state index in [-0.39, 0.29) is 0 Å². The van der Waals surface area contributed by atoms with Gasteiger partial charge in [-0.2, -0.15) is 0 Å². The minimum Gasteiger partial charge on any atom is -0.309 e. The first-order chi connectivity index (χ1) is 26.2. The van der Waals surface area contributed by atoms with Crippen molar-refractivity contribution in [2.24, 2.45) is 0 Å². The minimum atomic E-state index is 1.17. The van der Waals surface area contributed by atoms with E-state index in [0.29, 0.717) is 0 Å². The van der Waals surface area contributed by atoms with Crippen LogP contribution in [0.4, 0.5) is 0 Å². The molecule has 250 valence electrons. The van der Waals surface area contributed by atoms with Crippen molar-refractivity contribution in [3.8, 4) is 33.6 Å². The fourth-order valence-electron chi connectivity index (χ4n) is 7.92. The molecule has 0 saturated carbocycles. The molecule has 0 aliphatic rings. The van der Waals surface area contributed by atoms with Gasteiger partial charge in [0.15, 0.2) is 0 Å². The van der Waals surface area contributed by atoms with Crippen LogP contribution in [0.5, 0.6) is 0 Å². The van der Waals surface area contributed by atoms with Crippen molar-refractivity contribution in [2.45, 2.75) is 6.92 Å². The number of aromatic nitrogens is 2. The van der Waals surface area contributed by atoms with Gasteiger partial charge in [-0.3, -0.25) is 0 Å². The lowest BCUT2D eigenvalue weighted by Gasteiger charge is -2.10. The summed E-state index contributed by atoms with van der Waals surface area (Å²) in [5.74, 6) is 0. The van der Waals surface area contributed by atoms with Crippen LogP contribution in [0.1, 0.15) is 16.7 Å². The van der Waals surface area contributed by atoms with E-state index in [0.717, 1.165) is 0 Å². The van der Waals surface area contributed by atoms with Gasteiger partial charge in [0.25, 0.3) is 0 Å². The quantitative estimate of drug-likeness (QED) is 0.155. The van der Waals surface area contributed by atoms with E-state index in [4.69, 9.17) is 0 Å². The fraction of sp³-hybridized carbons (Fsp3) is 0.0196. The second-order valence-corrected chi connectivity index (χ2v) is 13.9. The molecule has 0 bridgehead atoms. The molecule has 0 N–H and O–H groups in total. The zero-order chi connectivity index (χ0) is 35.3. The summed E-state index contributed by atoms with van der Waals surface area (Å²) in [5.41, 5.74) is 15.7. The average molecular weight is 677 g/mol. The summed E-state index contributed by atoms with van der Waals surface area (Å²) in [4.78, 5) is 0. The molecule has 0 aliphatic carbocycles. The van der Waals surface area contributed by atoms with Gasteiger partial charge in [0.2, 0.25) is 0 Å². The van der Waals surface area contributed by atoms with Crippen LogP contribution >= 0.6 is 0 Å². The maximum Gasteiger partial charge on any atom is 0.0541 e. The predicted molar refractivity (Wildman–Crippen MR) is 226 cm³/mol. The van der Waals surface area contributed by atoms with E-state index >= 15 is 0 Å². The molecule has 0 spiro atoms. The molecule has 0 atom stereocenters. The van der Waals surface area contributed by atoms with Crippen LogP contribution in [0.25, 0.3) is 89.4 Å². The van der Waals surface area contributed by atoms with Gasteiger partial charge >= 0.3 is 0 Å². The van der Waals surface area contributed by atoms with Crippen LogP contribution in [0.2, 0.25) is 0 Å². The summed E-state index contributed by atoms with van der Waals surface area (Å²) in [6, 6.07) is 68.3. The molecule has 53 heavy (non-hydrogen) atoms. The Morgan fingerprint density at radius 3 is 1.34 bits per heavy atom. The average Bonchev–Trinajstić information content (AvgIpc) is 3.74. The van der Waals surface area contributed by atoms with Gasteiger partial charge in [-0.05, 0) is 94.9 Å². The lowest BCUT2D eigenvalue weighted by molar-refractivity contribution is 1.17. The molecule has 2 nitrogen and oxygen atoms in total. The summed E-state index contributed by atoms with van der Waals surface area (Å²) in [7, 11) is 0. The van der Waals surface area contributed by atoms with Crippen LogP contribution < -0.4 is 0 Å². The van der Waals surface area contributed by atoms with Gasteiger partial charge in [-0.25, -0.2) is 0 Å². The van der Waals surface area contributed by atoms with Gasteiger partial charge in [0.1, 0.15) is 0 Å². The molecule has 2 heterocycles. The van der Waals surface area contributed by atoms with Crippen molar-refractivity contribution in [1.29, 1.82) is 0 Å². The third-order valence-corrected chi connectivity index (χ3v) is 10.6. The van der Waals surface area contributed by atoms with Crippen molar-refractivity contribution in [3.05, 3.63) is 205 Å². The zero-order valence-electron chi connectivity index (χ0n) is 29.4. The topological polar surface area (TPSA) is 9.86 Å². The van der Waals surface area contributed by atoms with Gasteiger partial charge in [0.05, 0.1) is 22.1 Å². The van der Waals surface area contributed by atoms with Gasteiger partial charge in [-0.15, -0.1) is 0 Å². The third-order valence-electron chi connectivity index (χ3n) is 10.6. The van der Waals surface area contributed by atoms with Crippen LogP contribution in [0, 0.1) is 6.92 Å². The molecule has 10 rings (SSSR count). The van der Waals surface area contributed by atoms with Crippen LogP contribution in [0.3, 0.4) is 0 Å². The largest absolute Gasteiger partial charge is 0.309 e. The Kier molecular flexibility index (Phi) is 7.40. The molecule has 0 radical (unpaired) electrons. The smallest absolute Gasteiger partial charge is 0.0541 e. The number of hydrogen-bond acceptors (Lipinski definition) is 0. The summed E-state index contributed by atoms with van der Waals surface area (Å²) in [6.45, 7) is 2.13.